The Balaban J connectivity index is 4.76. The van der Waals surface area contributed by atoms with Crippen LogP contribution >= 0.6 is 0 Å². The molecule has 7 heteroatoms. The maximum Gasteiger partial charge on any atom is 0.335 e. The van der Waals surface area contributed by atoms with Gasteiger partial charge in [0.2, 0.25) is 5.79 Å². The van der Waals surface area contributed by atoms with Crippen LogP contribution in [-0.4, -0.2) is 42.0 Å². The van der Waals surface area contributed by atoms with E-state index >= 15 is 0 Å². The first-order valence-electron chi connectivity index (χ1n) is 6.14. The monoisotopic (exact) mass is 300 g/mol. The highest BCUT2D eigenvalue weighted by atomic mass is 16.7. The second kappa shape index (κ2) is 8.21. The van der Waals surface area contributed by atoms with Crippen LogP contribution in [0.5, 0.6) is 0 Å². The summed E-state index contributed by atoms with van der Waals surface area (Å²) in [5.41, 5.74) is 0.190. The number of hydrogen-bond acceptors (Lipinski definition) is 7. The van der Waals surface area contributed by atoms with E-state index in [4.69, 9.17) is 9.47 Å². The fourth-order valence-electron chi connectivity index (χ4n) is 1.07. The third kappa shape index (κ3) is 7.88. The van der Waals surface area contributed by atoms with Crippen molar-refractivity contribution < 1.29 is 33.7 Å². The van der Waals surface area contributed by atoms with E-state index in [1.807, 2.05) is 0 Å². The molecule has 0 rings (SSSR count). The summed E-state index contributed by atoms with van der Waals surface area (Å²) in [5.74, 6) is -4.27. The van der Waals surface area contributed by atoms with Crippen LogP contribution in [0.15, 0.2) is 24.3 Å². The highest BCUT2D eigenvalue weighted by molar-refractivity contribution is 5.88. The lowest BCUT2D eigenvalue weighted by Gasteiger charge is -2.27. The fourth-order valence-corrected chi connectivity index (χ4v) is 1.07. The molecular formula is C14H20O7. The van der Waals surface area contributed by atoms with Gasteiger partial charge in [-0.2, -0.15) is 0 Å². The third-order valence-electron chi connectivity index (χ3n) is 2.21. The van der Waals surface area contributed by atoms with Gasteiger partial charge in [-0.05, 0) is 13.8 Å². The zero-order valence-corrected chi connectivity index (χ0v) is 12.4. The van der Waals surface area contributed by atoms with Crippen molar-refractivity contribution in [1.29, 1.82) is 0 Å². The van der Waals surface area contributed by atoms with Crippen molar-refractivity contribution in [1.82, 2.24) is 0 Å². The number of carbonyl (C=O) groups is 3. The van der Waals surface area contributed by atoms with E-state index in [1.54, 1.807) is 0 Å². The first kappa shape index (κ1) is 18.9. The zero-order valence-electron chi connectivity index (χ0n) is 12.4. The Morgan fingerprint density at radius 1 is 1.00 bits per heavy atom. The lowest BCUT2D eigenvalue weighted by atomic mass is 10.2. The minimum absolute atomic E-state index is 0.0622. The Hall–Kier alpha value is -2.15. The predicted molar refractivity (Wildman–Crippen MR) is 72.9 cm³/mol. The van der Waals surface area contributed by atoms with Crippen molar-refractivity contribution in [2.45, 2.75) is 33.0 Å². The molecule has 0 amide bonds. The van der Waals surface area contributed by atoms with E-state index in [0.29, 0.717) is 0 Å². The van der Waals surface area contributed by atoms with Gasteiger partial charge in [-0.25, -0.2) is 9.59 Å². The molecule has 0 saturated carbocycles. The summed E-state index contributed by atoms with van der Waals surface area (Å²) in [6.07, 6.45) is -0.255. The minimum Gasteiger partial charge on any atom is -0.466 e. The van der Waals surface area contributed by atoms with Crippen molar-refractivity contribution in [2.75, 3.05) is 13.2 Å². The number of hydrogen-bond donors (Lipinski definition) is 1. The second-order valence-electron chi connectivity index (χ2n) is 4.56. The van der Waals surface area contributed by atoms with Crippen LogP contribution in [0, 0.1) is 0 Å². The number of ether oxygens (including phenoxy) is 3. The van der Waals surface area contributed by atoms with Gasteiger partial charge in [0.05, 0.1) is 13.0 Å². The molecule has 0 heterocycles. The normalized spacial score (nSPS) is 12.8. The van der Waals surface area contributed by atoms with Crippen molar-refractivity contribution in [2.24, 2.45) is 0 Å². The quantitative estimate of drug-likeness (QED) is 0.307. The van der Waals surface area contributed by atoms with E-state index in [2.05, 4.69) is 17.9 Å². The van der Waals surface area contributed by atoms with E-state index < -0.39 is 30.3 Å². The minimum atomic E-state index is -2.11. The van der Waals surface area contributed by atoms with Gasteiger partial charge in [-0.3, -0.25) is 4.79 Å². The number of aliphatic hydroxyl groups is 1. The van der Waals surface area contributed by atoms with Crippen LogP contribution in [0.1, 0.15) is 27.2 Å². The first-order valence-corrected chi connectivity index (χ1v) is 6.14. The number of carbonyl (C=O) groups excluding carboxylic acids is 3. The molecule has 0 fully saturated rings. The van der Waals surface area contributed by atoms with E-state index in [1.165, 1.54) is 20.8 Å². The average Bonchev–Trinajstić information content (AvgIpc) is 2.35. The van der Waals surface area contributed by atoms with Crippen molar-refractivity contribution >= 4 is 17.9 Å². The molecule has 0 aromatic rings. The molecule has 1 atom stereocenters. The van der Waals surface area contributed by atoms with Gasteiger partial charge < -0.3 is 19.3 Å². The van der Waals surface area contributed by atoms with Gasteiger partial charge in [0, 0.05) is 18.1 Å². The summed E-state index contributed by atoms with van der Waals surface area (Å²) in [6.45, 7) is 9.96. The molecule has 0 spiro atoms. The number of rotatable bonds is 8. The summed E-state index contributed by atoms with van der Waals surface area (Å²) in [5, 5.41) is 10.2. The van der Waals surface area contributed by atoms with E-state index in [-0.39, 0.29) is 24.2 Å². The van der Waals surface area contributed by atoms with Gasteiger partial charge in [-0.15, -0.1) is 0 Å². The molecule has 0 aliphatic carbocycles. The first-order chi connectivity index (χ1) is 9.57. The maximum absolute atomic E-state index is 11.5. The summed E-state index contributed by atoms with van der Waals surface area (Å²) in [7, 11) is 0. The Bertz CT molecular complexity index is 452. The molecule has 0 radical (unpaired) electrons. The van der Waals surface area contributed by atoms with Crippen LogP contribution < -0.4 is 0 Å². The molecule has 0 aliphatic heterocycles. The number of esters is 3. The average molecular weight is 300 g/mol. The largest absolute Gasteiger partial charge is 0.466 e. The molecule has 7 nitrogen and oxygen atoms in total. The molecule has 21 heavy (non-hydrogen) atoms. The summed E-state index contributed by atoms with van der Waals surface area (Å²) >= 11 is 0. The third-order valence-corrected chi connectivity index (χ3v) is 2.21. The van der Waals surface area contributed by atoms with E-state index in [9.17, 15) is 19.5 Å². The van der Waals surface area contributed by atoms with Gasteiger partial charge in [-0.1, -0.05) is 13.2 Å². The maximum atomic E-state index is 11.5. The summed E-state index contributed by atoms with van der Waals surface area (Å²) < 4.78 is 14.3. The van der Waals surface area contributed by atoms with E-state index in [0.717, 1.165) is 0 Å². The molecule has 1 unspecified atom stereocenters. The molecule has 0 aromatic carbocycles. The standard InChI is InChI=1S/C14H20O7/c1-9(2)12(16)20-8-14(18,6-7-19-11(5)15)21-13(17)10(3)4/h18H,1,3,6-8H2,2,4-5H3. The fraction of sp³-hybridized carbons (Fsp3) is 0.500. The molecule has 0 aromatic heterocycles. The summed E-state index contributed by atoms with van der Waals surface area (Å²) in [6, 6.07) is 0. The molecule has 118 valence electrons. The highest BCUT2D eigenvalue weighted by Gasteiger charge is 2.34. The van der Waals surface area contributed by atoms with Gasteiger partial charge in [0.1, 0.15) is 0 Å². The smallest absolute Gasteiger partial charge is 0.335 e. The Morgan fingerprint density at radius 2 is 1.52 bits per heavy atom. The topological polar surface area (TPSA) is 99.1 Å². The van der Waals surface area contributed by atoms with Crippen LogP contribution in [-0.2, 0) is 28.6 Å². The van der Waals surface area contributed by atoms with Crippen molar-refractivity contribution in [3.8, 4) is 0 Å². The lowest BCUT2D eigenvalue weighted by Crippen LogP contribution is -2.42. The second-order valence-corrected chi connectivity index (χ2v) is 4.56. The zero-order chi connectivity index (χ0) is 16.6. The van der Waals surface area contributed by atoms with Crippen molar-refractivity contribution in [3.63, 3.8) is 0 Å². The Labute approximate surface area is 123 Å². The molecular weight excluding hydrogens is 280 g/mol. The lowest BCUT2D eigenvalue weighted by molar-refractivity contribution is -0.230. The molecule has 1 N–H and O–H groups in total. The van der Waals surface area contributed by atoms with Gasteiger partial charge in [0.25, 0.3) is 0 Å². The predicted octanol–water partition coefficient (Wildman–Crippen LogP) is 0.867. The van der Waals surface area contributed by atoms with Crippen LogP contribution in [0.4, 0.5) is 0 Å². The SMILES string of the molecule is C=C(C)C(=O)OCC(O)(CCOC(C)=O)OC(=O)C(=C)C. The Kier molecular flexibility index (Phi) is 7.37. The van der Waals surface area contributed by atoms with Crippen LogP contribution in [0.2, 0.25) is 0 Å². The van der Waals surface area contributed by atoms with Crippen LogP contribution in [0.3, 0.4) is 0 Å². The van der Waals surface area contributed by atoms with Gasteiger partial charge in [0.15, 0.2) is 6.61 Å². The molecule has 0 bridgehead atoms. The highest BCUT2D eigenvalue weighted by Crippen LogP contribution is 2.16. The van der Waals surface area contributed by atoms with Crippen molar-refractivity contribution in [3.05, 3.63) is 24.3 Å². The molecule has 0 aliphatic rings. The Morgan fingerprint density at radius 3 is 1.95 bits per heavy atom. The van der Waals surface area contributed by atoms with Crippen LogP contribution in [0.25, 0.3) is 0 Å². The summed E-state index contributed by atoms with van der Waals surface area (Å²) in [4.78, 5) is 33.5. The molecule has 0 saturated heterocycles. The van der Waals surface area contributed by atoms with Gasteiger partial charge >= 0.3 is 17.9 Å².